The molecular formula is C23H25N3O6. The summed E-state index contributed by atoms with van der Waals surface area (Å²) in [5.41, 5.74) is 0.216. The fourth-order valence-corrected chi connectivity index (χ4v) is 4.96. The molecule has 2 unspecified atom stereocenters. The van der Waals surface area contributed by atoms with Crippen molar-refractivity contribution < 1.29 is 28.3 Å². The van der Waals surface area contributed by atoms with Crippen molar-refractivity contribution in [2.45, 2.75) is 25.0 Å². The fraction of sp³-hybridized carbons (Fsp3) is 0.435. The number of carbonyl (C=O) groups is 2. The number of rotatable bonds is 7. The van der Waals surface area contributed by atoms with E-state index in [-0.39, 0.29) is 11.8 Å². The van der Waals surface area contributed by atoms with Crippen LogP contribution in [-0.2, 0) is 20.7 Å². The van der Waals surface area contributed by atoms with Gasteiger partial charge >= 0.3 is 0 Å². The van der Waals surface area contributed by atoms with Crippen molar-refractivity contribution in [1.82, 2.24) is 10.5 Å². The second-order valence-corrected chi connectivity index (χ2v) is 8.35. The zero-order valence-corrected chi connectivity index (χ0v) is 18.2. The molecule has 0 radical (unpaired) electrons. The van der Waals surface area contributed by atoms with E-state index in [2.05, 4.69) is 10.5 Å². The van der Waals surface area contributed by atoms with Crippen LogP contribution < -0.4 is 19.7 Å². The van der Waals surface area contributed by atoms with Crippen LogP contribution in [0.15, 0.2) is 40.9 Å². The third-order valence-electron chi connectivity index (χ3n) is 6.46. The van der Waals surface area contributed by atoms with Gasteiger partial charge in [-0.25, -0.2) is 0 Å². The number of nitrogens with zero attached hydrogens (tertiary/aromatic N) is 2. The van der Waals surface area contributed by atoms with Gasteiger partial charge in [0, 0.05) is 12.6 Å². The molecule has 2 aromatic rings. The number of aryl methyl sites for hydroxylation is 1. The molecule has 1 aromatic heterocycles. The van der Waals surface area contributed by atoms with Crippen LogP contribution in [0.1, 0.15) is 11.3 Å². The predicted molar refractivity (Wildman–Crippen MR) is 114 cm³/mol. The molecule has 1 N–H and O–H groups in total. The highest BCUT2D eigenvalue weighted by Gasteiger charge is 2.67. The molecule has 4 heterocycles. The van der Waals surface area contributed by atoms with Crippen molar-refractivity contribution >= 4 is 17.6 Å². The molecule has 5 rings (SSSR count). The molecule has 3 aliphatic heterocycles. The Hall–Kier alpha value is -3.33. The van der Waals surface area contributed by atoms with Crippen LogP contribution in [0.25, 0.3) is 0 Å². The van der Waals surface area contributed by atoms with E-state index < -0.39 is 23.5 Å². The zero-order valence-electron chi connectivity index (χ0n) is 18.2. The Morgan fingerprint density at radius 2 is 2.09 bits per heavy atom. The Kier molecular flexibility index (Phi) is 4.93. The van der Waals surface area contributed by atoms with E-state index in [1.165, 1.54) is 0 Å². The topological polar surface area (TPSA) is 103 Å². The summed E-state index contributed by atoms with van der Waals surface area (Å²) in [6.07, 6.45) is 4.03. The van der Waals surface area contributed by atoms with E-state index in [1.807, 2.05) is 30.4 Å². The lowest BCUT2D eigenvalue weighted by Gasteiger charge is -2.23. The second-order valence-electron chi connectivity index (χ2n) is 8.35. The highest BCUT2D eigenvalue weighted by atomic mass is 16.5. The number of methoxy groups -OCH3 is 2. The summed E-state index contributed by atoms with van der Waals surface area (Å²) < 4.78 is 21.9. The molecule has 0 aliphatic carbocycles. The van der Waals surface area contributed by atoms with E-state index in [0.29, 0.717) is 42.6 Å². The summed E-state index contributed by atoms with van der Waals surface area (Å²) in [5, 5.41) is 6.95. The smallest absolute Gasteiger partial charge is 0.235 e. The minimum atomic E-state index is -0.792. The lowest BCUT2D eigenvalue weighted by Crippen LogP contribution is -2.44. The van der Waals surface area contributed by atoms with Crippen molar-refractivity contribution in [3.05, 3.63) is 47.7 Å². The van der Waals surface area contributed by atoms with Gasteiger partial charge in [0.1, 0.15) is 11.4 Å². The van der Waals surface area contributed by atoms with Crippen LogP contribution in [0.5, 0.6) is 11.5 Å². The normalized spacial score (nSPS) is 27.7. The number of benzene rings is 1. The van der Waals surface area contributed by atoms with Gasteiger partial charge in [-0.3, -0.25) is 14.5 Å². The van der Waals surface area contributed by atoms with Crippen molar-refractivity contribution in [2.75, 3.05) is 32.2 Å². The highest BCUT2D eigenvalue weighted by molar-refractivity contribution is 6.02. The van der Waals surface area contributed by atoms with Crippen LogP contribution >= 0.6 is 0 Å². The van der Waals surface area contributed by atoms with Crippen molar-refractivity contribution in [3.63, 3.8) is 0 Å². The molecule has 2 bridgehead atoms. The second kappa shape index (κ2) is 7.67. The SMILES string of the molecule is COc1ccc(CCNC(=O)C2C3C(=O)N(c4cc(C)on4)C[C@@]34C=C[C@@H]2O4)cc1OC. The van der Waals surface area contributed by atoms with Crippen LogP contribution in [-0.4, -0.2) is 56.0 Å². The third-order valence-corrected chi connectivity index (χ3v) is 6.46. The summed E-state index contributed by atoms with van der Waals surface area (Å²) >= 11 is 0. The number of carbonyl (C=O) groups excluding carboxylic acids is 2. The Morgan fingerprint density at radius 3 is 2.81 bits per heavy atom. The van der Waals surface area contributed by atoms with Gasteiger partial charge in [0.15, 0.2) is 17.3 Å². The van der Waals surface area contributed by atoms with Crippen LogP contribution in [0.3, 0.4) is 0 Å². The minimum Gasteiger partial charge on any atom is -0.493 e. The van der Waals surface area contributed by atoms with E-state index >= 15 is 0 Å². The number of amides is 2. The molecule has 9 heteroatoms. The van der Waals surface area contributed by atoms with E-state index in [0.717, 1.165) is 5.56 Å². The summed E-state index contributed by atoms with van der Waals surface area (Å²) in [7, 11) is 3.18. The van der Waals surface area contributed by atoms with Crippen LogP contribution in [0, 0.1) is 18.8 Å². The Balaban J connectivity index is 1.27. The van der Waals surface area contributed by atoms with Gasteiger partial charge in [-0.05, 0) is 31.0 Å². The summed E-state index contributed by atoms with van der Waals surface area (Å²) in [6, 6.07) is 7.38. The van der Waals surface area contributed by atoms with E-state index in [1.54, 1.807) is 32.1 Å². The highest BCUT2D eigenvalue weighted by Crippen LogP contribution is 2.52. The van der Waals surface area contributed by atoms with Gasteiger partial charge in [-0.2, -0.15) is 0 Å². The van der Waals surface area contributed by atoms with Gasteiger partial charge in [0.25, 0.3) is 0 Å². The van der Waals surface area contributed by atoms with Crippen LogP contribution in [0.4, 0.5) is 5.82 Å². The molecule has 3 aliphatic rings. The largest absolute Gasteiger partial charge is 0.493 e. The molecule has 1 spiro atoms. The van der Waals surface area contributed by atoms with Gasteiger partial charge in [-0.1, -0.05) is 23.4 Å². The molecule has 2 saturated heterocycles. The first kappa shape index (κ1) is 20.6. The summed E-state index contributed by atoms with van der Waals surface area (Å²) in [4.78, 5) is 27.9. The maximum absolute atomic E-state index is 13.2. The first-order chi connectivity index (χ1) is 15.5. The van der Waals surface area contributed by atoms with Gasteiger partial charge < -0.3 is 24.1 Å². The molecule has 168 valence electrons. The fourth-order valence-electron chi connectivity index (χ4n) is 4.96. The zero-order chi connectivity index (χ0) is 22.5. The first-order valence-electron chi connectivity index (χ1n) is 10.6. The quantitative estimate of drug-likeness (QED) is 0.655. The third kappa shape index (κ3) is 3.15. The number of anilines is 1. The van der Waals surface area contributed by atoms with Crippen LogP contribution in [0.2, 0.25) is 0 Å². The van der Waals surface area contributed by atoms with Crippen molar-refractivity contribution in [2.24, 2.45) is 11.8 Å². The number of aromatic nitrogens is 1. The summed E-state index contributed by atoms with van der Waals surface area (Å²) in [5.74, 6) is 0.875. The minimum absolute atomic E-state index is 0.162. The number of hydrogen-bond acceptors (Lipinski definition) is 7. The molecule has 2 fully saturated rings. The maximum atomic E-state index is 13.2. The average molecular weight is 439 g/mol. The standard InChI is InChI=1S/C23H25N3O6/c1-13-10-18(25-32-13)26-12-23-8-6-16(31-23)19(20(23)22(26)28)21(27)24-9-7-14-4-5-15(29-2)17(11-14)30-3/h4-6,8,10-11,16,19-20H,7,9,12H2,1-3H3,(H,24,27)/t16-,19?,20?,23-/m0/s1. The monoisotopic (exact) mass is 439 g/mol. The molecule has 9 nitrogen and oxygen atoms in total. The summed E-state index contributed by atoms with van der Waals surface area (Å²) in [6.45, 7) is 2.53. The number of nitrogens with one attached hydrogen (secondary N) is 1. The number of fused-ring (bicyclic) bond motifs is 1. The first-order valence-corrected chi connectivity index (χ1v) is 10.6. The number of ether oxygens (including phenoxy) is 3. The number of hydrogen-bond donors (Lipinski definition) is 1. The average Bonchev–Trinajstić information content (AvgIpc) is 3.54. The Bertz CT molecular complexity index is 1100. The predicted octanol–water partition coefficient (Wildman–Crippen LogP) is 1.65. The molecule has 2 amide bonds. The lowest BCUT2D eigenvalue weighted by molar-refractivity contribution is -0.131. The van der Waals surface area contributed by atoms with E-state index in [4.69, 9.17) is 18.7 Å². The molecule has 0 saturated carbocycles. The molecule has 1 aromatic carbocycles. The lowest BCUT2D eigenvalue weighted by atomic mass is 9.77. The van der Waals surface area contributed by atoms with Crippen molar-refractivity contribution in [3.8, 4) is 11.5 Å². The van der Waals surface area contributed by atoms with Gasteiger partial charge in [0.05, 0.1) is 38.7 Å². The van der Waals surface area contributed by atoms with E-state index in [9.17, 15) is 9.59 Å². The van der Waals surface area contributed by atoms with Gasteiger partial charge in [-0.15, -0.1) is 0 Å². The maximum Gasteiger partial charge on any atom is 0.235 e. The van der Waals surface area contributed by atoms with Gasteiger partial charge in [0.2, 0.25) is 11.8 Å². The van der Waals surface area contributed by atoms with Crippen molar-refractivity contribution in [1.29, 1.82) is 0 Å². The Labute approximate surface area is 185 Å². The Morgan fingerprint density at radius 1 is 1.28 bits per heavy atom. The molecule has 4 atom stereocenters. The molecule has 32 heavy (non-hydrogen) atoms. The molecular weight excluding hydrogens is 414 g/mol.